The van der Waals surface area contributed by atoms with E-state index in [-0.39, 0.29) is 41.3 Å². The van der Waals surface area contributed by atoms with E-state index in [0.717, 1.165) is 49.4 Å². The number of hydrogen-bond acceptors (Lipinski definition) is 9. The predicted octanol–water partition coefficient (Wildman–Crippen LogP) is 6.69. The first kappa shape index (κ1) is 37.7. The van der Waals surface area contributed by atoms with Crippen molar-refractivity contribution in [2.75, 3.05) is 45.2 Å². The summed E-state index contributed by atoms with van der Waals surface area (Å²) in [6.07, 6.45) is 8.22. The van der Waals surface area contributed by atoms with Crippen molar-refractivity contribution in [3.63, 3.8) is 0 Å². The van der Waals surface area contributed by atoms with Crippen molar-refractivity contribution >= 4 is 17.6 Å². The van der Waals surface area contributed by atoms with E-state index in [4.69, 9.17) is 14.5 Å². The van der Waals surface area contributed by atoms with Crippen LogP contribution in [0.15, 0.2) is 73.3 Å². The van der Waals surface area contributed by atoms with Gasteiger partial charge in [0.05, 0.1) is 17.5 Å². The summed E-state index contributed by atoms with van der Waals surface area (Å²) in [4.78, 5) is 47.7. The van der Waals surface area contributed by atoms with E-state index in [1.54, 1.807) is 30.1 Å². The summed E-state index contributed by atoms with van der Waals surface area (Å²) in [7, 11) is 3.60. The van der Waals surface area contributed by atoms with Crippen molar-refractivity contribution in [3.8, 4) is 17.2 Å². The maximum absolute atomic E-state index is 14.4. The monoisotopic (exact) mass is 723 g/mol. The lowest BCUT2D eigenvalue weighted by atomic mass is 9.91. The molecular weight excluding hydrogens is 673 g/mol. The fraction of sp³-hybridized carbons (Fsp3) is 0.439. The molecule has 1 saturated heterocycles. The van der Waals surface area contributed by atoms with Crippen LogP contribution in [0.5, 0.6) is 17.2 Å². The largest absolute Gasteiger partial charge is 0.490 e. The van der Waals surface area contributed by atoms with E-state index in [2.05, 4.69) is 44.0 Å². The summed E-state index contributed by atoms with van der Waals surface area (Å²) in [5, 5.41) is 0. The van der Waals surface area contributed by atoms with Gasteiger partial charge in [-0.3, -0.25) is 19.5 Å². The second-order valence-electron chi connectivity index (χ2n) is 14.2. The zero-order chi connectivity index (χ0) is 37.5. The van der Waals surface area contributed by atoms with Crippen molar-refractivity contribution in [1.82, 2.24) is 29.7 Å². The van der Waals surface area contributed by atoms with Crippen molar-refractivity contribution < 1.29 is 23.5 Å². The molecule has 0 spiro atoms. The van der Waals surface area contributed by atoms with E-state index in [1.807, 2.05) is 39.1 Å². The van der Waals surface area contributed by atoms with Gasteiger partial charge in [0, 0.05) is 96.3 Å². The minimum Gasteiger partial charge on any atom is -0.490 e. The van der Waals surface area contributed by atoms with Crippen LogP contribution >= 0.6 is 0 Å². The molecule has 1 fully saturated rings. The minimum absolute atomic E-state index is 0.0134. The first-order valence-corrected chi connectivity index (χ1v) is 18.6. The lowest BCUT2D eigenvalue weighted by Gasteiger charge is -2.39. The minimum atomic E-state index is -0.514. The van der Waals surface area contributed by atoms with Gasteiger partial charge >= 0.3 is 0 Å². The van der Waals surface area contributed by atoms with Crippen LogP contribution in [0.4, 0.5) is 10.2 Å². The summed E-state index contributed by atoms with van der Waals surface area (Å²) >= 11 is 0. The molecule has 2 amide bonds. The van der Waals surface area contributed by atoms with E-state index >= 15 is 0 Å². The topological polar surface area (TPSA) is 104 Å². The second-order valence-corrected chi connectivity index (χ2v) is 14.2. The lowest BCUT2D eigenvalue weighted by Crippen LogP contribution is -2.40. The van der Waals surface area contributed by atoms with E-state index in [1.165, 1.54) is 30.1 Å². The summed E-state index contributed by atoms with van der Waals surface area (Å²) in [5.74, 6) is 1.34. The summed E-state index contributed by atoms with van der Waals surface area (Å²) in [6, 6.07) is 16.3. The van der Waals surface area contributed by atoms with Crippen molar-refractivity contribution in [1.29, 1.82) is 0 Å². The van der Waals surface area contributed by atoms with Crippen molar-refractivity contribution in [3.05, 3.63) is 102 Å². The Morgan fingerprint density at radius 3 is 2.47 bits per heavy atom. The fourth-order valence-corrected chi connectivity index (χ4v) is 7.32. The van der Waals surface area contributed by atoms with Gasteiger partial charge in [-0.1, -0.05) is 30.3 Å². The summed E-state index contributed by atoms with van der Waals surface area (Å²) < 4.78 is 27.5. The van der Waals surface area contributed by atoms with Crippen molar-refractivity contribution in [2.45, 2.75) is 77.6 Å². The number of carbonyl (C=O) groups is 2. The molecule has 2 aliphatic rings. The van der Waals surface area contributed by atoms with E-state index in [0.29, 0.717) is 44.0 Å². The van der Waals surface area contributed by atoms with Gasteiger partial charge in [-0.15, -0.1) is 0 Å². The molecule has 4 heterocycles. The quantitative estimate of drug-likeness (QED) is 0.149. The van der Waals surface area contributed by atoms with Gasteiger partial charge in [-0.05, 0) is 57.0 Å². The van der Waals surface area contributed by atoms with Gasteiger partial charge in [-0.2, -0.15) is 0 Å². The highest BCUT2D eigenvalue weighted by Crippen LogP contribution is 2.41. The molecule has 2 aromatic heterocycles. The number of ether oxygens (including phenoxy) is 2. The number of benzene rings is 2. The molecule has 0 bridgehead atoms. The Hall–Kier alpha value is -5.10. The Labute approximate surface area is 311 Å². The Morgan fingerprint density at radius 1 is 0.981 bits per heavy atom. The second kappa shape index (κ2) is 17.2. The molecule has 2 aromatic carbocycles. The molecule has 4 aromatic rings. The van der Waals surface area contributed by atoms with Gasteiger partial charge in [0.25, 0.3) is 5.91 Å². The molecule has 0 saturated carbocycles. The molecule has 2 aliphatic heterocycles. The molecule has 0 radical (unpaired) electrons. The standard InChI is InChI=1S/C41H50FN7O4/c1-6-49(28(2)3)41(51)32-24-30(42)12-14-35(32)53-37-25-43-27-45-40(37)47-21-17-31(18-22-47)52-36-16-20-44-33-19-23-48(26-29-10-8-7-9-11-29)34(39(33)36)13-15-38(50)46(4)5/h7-12,14,16,20,24-25,27-28,31,34H,6,13,15,17-19,21-23,26H2,1-5H3. The third-order valence-corrected chi connectivity index (χ3v) is 10.1. The van der Waals surface area contributed by atoms with E-state index < -0.39 is 5.82 Å². The normalized spacial score (nSPS) is 16.3. The van der Waals surface area contributed by atoms with Crippen LogP contribution in [0.3, 0.4) is 0 Å². The van der Waals surface area contributed by atoms with Crippen molar-refractivity contribution in [2.24, 2.45) is 0 Å². The van der Waals surface area contributed by atoms with Crippen LogP contribution in [0.1, 0.15) is 79.7 Å². The van der Waals surface area contributed by atoms with Crippen LogP contribution in [-0.4, -0.2) is 93.9 Å². The van der Waals surface area contributed by atoms with Gasteiger partial charge in [0.2, 0.25) is 5.91 Å². The summed E-state index contributed by atoms with van der Waals surface area (Å²) in [5.41, 5.74) is 3.49. The Bertz CT molecular complexity index is 1870. The number of piperidine rings is 1. The number of fused-ring (bicyclic) bond motifs is 1. The summed E-state index contributed by atoms with van der Waals surface area (Å²) in [6.45, 7) is 9.15. The molecule has 0 N–H and O–H groups in total. The molecule has 12 heteroatoms. The van der Waals surface area contributed by atoms with Crippen LogP contribution in [0.25, 0.3) is 0 Å². The SMILES string of the molecule is CCN(C(=O)c1cc(F)ccc1Oc1cncnc1N1CCC(Oc2ccnc3c2C(CCC(=O)N(C)C)N(Cc2ccccc2)CC3)CC1)C(C)C. The molecule has 11 nitrogen and oxygen atoms in total. The van der Waals surface area contributed by atoms with Gasteiger partial charge in [-0.25, -0.2) is 14.4 Å². The number of carbonyl (C=O) groups excluding carboxylic acids is 2. The lowest BCUT2D eigenvalue weighted by molar-refractivity contribution is -0.129. The van der Waals surface area contributed by atoms with Gasteiger partial charge in [0.15, 0.2) is 11.6 Å². The zero-order valence-corrected chi connectivity index (χ0v) is 31.4. The maximum atomic E-state index is 14.4. The molecule has 6 rings (SSSR count). The molecule has 1 unspecified atom stereocenters. The Balaban J connectivity index is 1.18. The van der Waals surface area contributed by atoms with E-state index in [9.17, 15) is 14.0 Å². The number of amides is 2. The maximum Gasteiger partial charge on any atom is 0.257 e. The number of hydrogen-bond donors (Lipinski definition) is 0. The van der Waals surface area contributed by atoms with Gasteiger partial charge < -0.3 is 24.2 Å². The first-order chi connectivity index (χ1) is 25.6. The average molecular weight is 724 g/mol. The van der Waals surface area contributed by atoms with Crippen LogP contribution in [0.2, 0.25) is 0 Å². The highest BCUT2D eigenvalue weighted by Gasteiger charge is 2.33. The number of halogens is 1. The number of aromatic nitrogens is 3. The van der Waals surface area contributed by atoms with Gasteiger partial charge in [0.1, 0.15) is 29.7 Å². The highest BCUT2D eigenvalue weighted by atomic mass is 19.1. The molecular formula is C41H50FN7O4. The molecule has 1 atom stereocenters. The smallest absolute Gasteiger partial charge is 0.257 e. The van der Waals surface area contributed by atoms with Crippen LogP contribution in [-0.2, 0) is 17.8 Å². The predicted molar refractivity (Wildman–Crippen MR) is 202 cm³/mol. The number of rotatable bonds is 13. The van der Waals surface area contributed by atoms with Crippen LogP contribution in [0, 0.1) is 5.82 Å². The van der Waals surface area contributed by atoms with Crippen LogP contribution < -0.4 is 14.4 Å². The Kier molecular flexibility index (Phi) is 12.2. The average Bonchev–Trinajstić information content (AvgIpc) is 3.16. The molecule has 53 heavy (non-hydrogen) atoms. The number of nitrogens with zero attached hydrogens (tertiary/aromatic N) is 7. The molecule has 0 aliphatic carbocycles. The number of pyridine rings is 1. The number of anilines is 1. The highest BCUT2D eigenvalue weighted by molar-refractivity contribution is 5.97. The first-order valence-electron chi connectivity index (χ1n) is 18.6. The third kappa shape index (κ3) is 8.93. The third-order valence-electron chi connectivity index (χ3n) is 10.1. The Morgan fingerprint density at radius 2 is 1.75 bits per heavy atom. The zero-order valence-electron chi connectivity index (χ0n) is 31.4. The fourth-order valence-electron chi connectivity index (χ4n) is 7.32. The molecule has 280 valence electrons.